The maximum absolute atomic E-state index is 6.06. The molecule has 0 aliphatic carbocycles. The molecule has 0 saturated carbocycles. The van der Waals surface area contributed by atoms with E-state index >= 15 is 0 Å². The maximum Gasteiger partial charge on any atom is 0.183 e. The van der Waals surface area contributed by atoms with Crippen LogP contribution in [0.2, 0.25) is 0 Å². The minimum Gasteiger partial charge on any atom is -0.370 e. The van der Waals surface area contributed by atoms with Crippen LogP contribution in [0.15, 0.2) is 0 Å². The smallest absolute Gasteiger partial charge is 0.183 e. The molecule has 0 amide bonds. The van der Waals surface area contributed by atoms with Crippen molar-refractivity contribution in [2.45, 2.75) is 0 Å². The Bertz CT molecular complexity index is 27.5. The average Bonchev–Trinajstić information content (AvgIpc) is 0.811. The van der Waals surface area contributed by atoms with Crippen LogP contribution >= 0.6 is 0 Å². The van der Waals surface area contributed by atoms with E-state index in [2.05, 4.69) is 11.5 Å². The van der Waals surface area contributed by atoms with E-state index in [1.807, 2.05) is 0 Å². The zero-order valence-electron chi connectivity index (χ0n) is 5.69. The van der Waals surface area contributed by atoms with Gasteiger partial charge in [0.25, 0.3) is 0 Å². The van der Waals surface area contributed by atoms with Gasteiger partial charge in [0.05, 0.1) is 0 Å². The van der Waals surface area contributed by atoms with E-state index in [-0.39, 0.29) is 36.7 Å². The number of nitrogens with two attached hydrogens (primary N) is 2. The molecule has 20 N–H and O–H groups in total. The molecule has 0 unspecified atom stereocenters. The molecule has 8 heteroatoms. The van der Waals surface area contributed by atoms with Gasteiger partial charge in [-0.15, -0.1) is 0 Å². The Kier molecular flexibility index (Phi) is 636. The monoisotopic (exact) mass is 144 g/mol. The van der Waals surface area contributed by atoms with Gasteiger partial charge in [-0.2, -0.15) is 0 Å². The molecule has 64 valence electrons. The summed E-state index contributed by atoms with van der Waals surface area (Å²) < 4.78 is 0. The van der Waals surface area contributed by atoms with Crippen molar-refractivity contribution in [3.8, 4) is 0 Å². The van der Waals surface area contributed by atoms with Crippen LogP contribution in [-0.2, 0) is 0 Å². The summed E-state index contributed by atoms with van der Waals surface area (Å²) in [5, 5.41) is 6.06. The Labute approximate surface area is 54.8 Å². The van der Waals surface area contributed by atoms with Crippen LogP contribution < -0.4 is 42.2 Å². The van der Waals surface area contributed by atoms with Gasteiger partial charge in [-0.3, -0.25) is 5.41 Å². The van der Waals surface area contributed by atoms with Crippen molar-refractivity contribution in [1.82, 2.24) is 30.8 Å². The summed E-state index contributed by atoms with van der Waals surface area (Å²) in [6.07, 6.45) is 0. The predicted molar refractivity (Wildman–Crippen MR) is 41.2 cm³/mol. The lowest BCUT2D eigenvalue weighted by Gasteiger charge is -1.69. The molecule has 0 saturated heterocycles. The van der Waals surface area contributed by atoms with Crippen LogP contribution in [0.3, 0.4) is 0 Å². The van der Waals surface area contributed by atoms with Crippen molar-refractivity contribution in [3.63, 3.8) is 0 Å². The van der Waals surface area contributed by atoms with Gasteiger partial charge >= 0.3 is 0 Å². The third-order valence-corrected chi connectivity index (χ3v) is 0. The second-order valence-corrected chi connectivity index (χ2v) is 0.455. The summed E-state index contributed by atoms with van der Waals surface area (Å²) in [7, 11) is 0. The first-order valence-electron chi connectivity index (χ1n) is 0.827. The molecule has 0 aliphatic heterocycles. The Morgan fingerprint density at radius 1 is 0.778 bits per heavy atom. The zero-order valence-corrected chi connectivity index (χ0v) is 5.69. The maximum atomic E-state index is 6.06. The Morgan fingerprint density at radius 3 is 0.778 bits per heavy atom. The van der Waals surface area contributed by atoms with Gasteiger partial charge in [0.1, 0.15) is 0 Å². The summed E-state index contributed by atoms with van der Waals surface area (Å²) in [5.41, 5.74) is 8.94. The number of nitrogens with one attached hydrogen (secondary N) is 1. The van der Waals surface area contributed by atoms with Crippen LogP contribution in [0.25, 0.3) is 0 Å². The second kappa shape index (κ2) is 60.8. The van der Waals surface area contributed by atoms with Gasteiger partial charge in [0, 0.05) is 0 Å². The molecule has 0 aromatic rings. The molecule has 0 aromatic carbocycles. The van der Waals surface area contributed by atoms with E-state index in [1.54, 1.807) is 0 Å². The fraction of sp³-hybridized carbons (Fsp3) is 0. The molecular formula is CH20N8. The molecule has 0 rings (SSSR count). The molecule has 0 bridgehead atoms. The molecule has 0 radical (unpaired) electrons. The first-order chi connectivity index (χ1) is 1.73. The van der Waals surface area contributed by atoms with Crippen LogP contribution in [-0.4, -0.2) is 5.96 Å². The molecule has 0 aromatic heterocycles. The fourth-order valence-corrected chi connectivity index (χ4v) is 0. The van der Waals surface area contributed by atoms with Gasteiger partial charge in [-0.1, -0.05) is 0 Å². The molecule has 0 aliphatic rings. The Hall–Kier alpha value is -0.930. The van der Waals surface area contributed by atoms with Gasteiger partial charge in [0.15, 0.2) is 5.96 Å². The lowest BCUT2D eigenvalue weighted by atomic mass is 11.1. The molecule has 0 fully saturated rings. The van der Waals surface area contributed by atoms with Gasteiger partial charge in [0.2, 0.25) is 0 Å². The van der Waals surface area contributed by atoms with Crippen LogP contribution in [0, 0.1) is 5.41 Å². The third-order valence-electron chi connectivity index (χ3n) is 0. The van der Waals surface area contributed by atoms with Crippen molar-refractivity contribution >= 4 is 5.96 Å². The average molecular weight is 144 g/mol. The standard InChI is InChI=1S/CH5N3.5H3N/c2-1(3)4;;;;;/h(H5,2,3,4);5*1H3. The Balaban J connectivity index is -0.00000000450. The summed E-state index contributed by atoms with van der Waals surface area (Å²) in [5.74, 6) is -0.333. The molecule has 0 spiro atoms. The van der Waals surface area contributed by atoms with Crippen molar-refractivity contribution in [3.05, 3.63) is 0 Å². The topological polar surface area (TPSA) is 251 Å². The Morgan fingerprint density at radius 2 is 0.778 bits per heavy atom. The molecular weight excluding hydrogens is 124 g/mol. The number of hydrogen-bond acceptors (Lipinski definition) is 6. The predicted octanol–water partition coefficient (Wildman–Crippen LogP) is -0.351. The minimum atomic E-state index is -0.333. The molecule has 0 atom stereocenters. The van der Waals surface area contributed by atoms with E-state index in [1.165, 1.54) is 0 Å². The molecule has 0 heterocycles. The van der Waals surface area contributed by atoms with Crippen LogP contribution in [0.5, 0.6) is 0 Å². The van der Waals surface area contributed by atoms with Crippen LogP contribution in [0.1, 0.15) is 0 Å². The number of rotatable bonds is 0. The quantitative estimate of drug-likeness (QED) is 0.165. The minimum absolute atomic E-state index is 0. The van der Waals surface area contributed by atoms with Gasteiger partial charge in [-0.25, -0.2) is 0 Å². The van der Waals surface area contributed by atoms with Crippen LogP contribution in [0.4, 0.5) is 0 Å². The fourth-order valence-electron chi connectivity index (χ4n) is 0. The van der Waals surface area contributed by atoms with E-state index < -0.39 is 0 Å². The van der Waals surface area contributed by atoms with Crippen molar-refractivity contribution in [2.75, 3.05) is 0 Å². The number of guanidine groups is 1. The lowest BCUT2D eigenvalue weighted by molar-refractivity contribution is 1.39. The zero-order chi connectivity index (χ0) is 3.58. The summed E-state index contributed by atoms with van der Waals surface area (Å²) in [6.45, 7) is 0. The largest absolute Gasteiger partial charge is 0.370 e. The summed E-state index contributed by atoms with van der Waals surface area (Å²) in [4.78, 5) is 0. The third kappa shape index (κ3) is 210. The van der Waals surface area contributed by atoms with E-state index in [0.717, 1.165) is 0 Å². The lowest BCUT2D eigenvalue weighted by Crippen LogP contribution is -2.20. The van der Waals surface area contributed by atoms with Crippen molar-refractivity contribution in [1.29, 1.82) is 5.41 Å². The second-order valence-electron chi connectivity index (χ2n) is 0.455. The van der Waals surface area contributed by atoms with Crippen molar-refractivity contribution in [2.24, 2.45) is 11.5 Å². The highest BCUT2D eigenvalue weighted by Gasteiger charge is 1.52. The molecule has 9 heavy (non-hydrogen) atoms. The summed E-state index contributed by atoms with van der Waals surface area (Å²) >= 11 is 0. The van der Waals surface area contributed by atoms with Gasteiger partial charge in [-0.05, 0) is 0 Å². The SMILES string of the molecule is N.N.N.N.N.N=C(N)N. The first-order valence-corrected chi connectivity index (χ1v) is 0.827. The number of hydrogen-bond donors (Lipinski definition) is 8. The van der Waals surface area contributed by atoms with E-state index in [9.17, 15) is 0 Å². The van der Waals surface area contributed by atoms with Gasteiger partial charge < -0.3 is 42.2 Å². The highest BCUT2D eigenvalue weighted by Crippen LogP contribution is 1.13. The summed E-state index contributed by atoms with van der Waals surface area (Å²) in [6, 6.07) is 0. The molecule has 8 nitrogen and oxygen atoms in total. The highest BCUT2D eigenvalue weighted by atomic mass is 14.9. The highest BCUT2D eigenvalue weighted by molar-refractivity contribution is 5.71. The van der Waals surface area contributed by atoms with Crippen molar-refractivity contribution < 1.29 is 0 Å². The first kappa shape index (κ1) is 94.1. The van der Waals surface area contributed by atoms with E-state index in [4.69, 9.17) is 5.41 Å². The normalized spacial score (nSPS) is 2.67. The van der Waals surface area contributed by atoms with E-state index in [0.29, 0.717) is 0 Å².